The Kier molecular flexibility index (Phi) is 9.54. The van der Waals surface area contributed by atoms with Crippen LogP contribution < -0.4 is 0 Å². The van der Waals surface area contributed by atoms with Gasteiger partial charge in [0.1, 0.15) is 0 Å². The van der Waals surface area contributed by atoms with E-state index in [-0.39, 0.29) is 24.8 Å². The second kappa shape index (κ2) is 12.1. The number of hydrogen-bond donors (Lipinski definition) is 0. The molecule has 0 saturated heterocycles. The Hall–Kier alpha value is -1.96. The molecule has 4 aromatic rings. The van der Waals surface area contributed by atoms with E-state index in [1.54, 1.807) is 22.3 Å². The van der Waals surface area contributed by atoms with E-state index in [2.05, 4.69) is 149 Å². The standard InChI is InChI=1S/C19H19.C18H17.2CH3.2ClH.H2Si.Zr/c1-12-5-7-16(15(4)9-12)17-8-6-14(3)18-10-13(2)11-19(17)18;1-13(2)16-11-15-9-6-10-17(18(15)12-16)14-7-4-3-5-8-14;;;;;;/h5-11H,1-4H3;3-13H,1-2H3;2*1H3;2*1H;1H2;. The van der Waals surface area contributed by atoms with Gasteiger partial charge in [0, 0.05) is 0 Å². The third-order valence-electron chi connectivity index (χ3n) is 10.0. The van der Waals surface area contributed by atoms with Crippen molar-refractivity contribution in [3.8, 4) is 22.3 Å². The number of hydrogen-bond acceptors (Lipinski definition) is 0. The number of rotatable bonds is 5. The van der Waals surface area contributed by atoms with Crippen LogP contribution in [0.2, 0.25) is 9.26 Å². The molecule has 0 heterocycles. The van der Waals surface area contributed by atoms with E-state index in [1.165, 1.54) is 50.1 Å². The normalized spacial score (nSPS) is 17.4. The number of allylic oxidation sites excluding steroid dienone is 2. The number of fused-ring (bicyclic) bond motifs is 2. The molecule has 0 nitrogen and oxygen atoms in total. The van der Waals surface area contributed by atoms with Crippen LogP contribution in [0.25, 0.3) is 34.4 Å². The van der Waals surface area contributed by atoms with Gasteiger partial charge in [-0.05, 0) is 0 Å². The minimum atomic E-state index is -3.65. The minimum absolute atomic E-state index is 0. The second-order valence-corrected chi connectivity index (χ2v) is 44.7. The number of aryl methyl sites for hydroxylation is 3. The molecule has 2 aliphatic rings. The SMILES string of the molecule is CC1=Cc2c(-c3ccc(C)cc3C)ccc(C)c2[CH]1[Zr]([CH3])([CH3])(=[SiH2])[CH]1C(C(C)C)=Cc2c(-c3ccccc3)cccc21.Cl.Cl. The van der Waals surface area contributed by atoms with E-state index in [0.29, 0.717) is 13.2 Å². The van der Waals surface area contributed by atoms with E-state index in [0.717, 1.165) is 0 Å². The summed E-state index contributed by atoms with van der Waals surface area (Å²) in [6.07, 6.45) is 5.15. The van der Waals surface area contributed by atoms with Crippen molar-refractivity contribution in [1.82, 2.24) is 0 Å². The largest absolute Gasteiger partial charge is 0.147 e. The van der Waals surface area contributed by atoms with E-state index in [4.69, 9.17) is 0 Å². The van der Waals surface area contributed by atoms with Gasteiger partial charge in [0.15, 0.2) is 0 Å². The molecular weight excluding hydrogens is 659 g/mol. The average molecular weight is 705 g/mol. The Balaban J connectivity index is 0.00000212. The Bertz CT molecular complexity index is 1840. The van der Waals surface area contributed by atoms with Crippen molar-refractivity contribution in [2.75, 3.05) is 0 Å². The molecule has 4 aromatic carbocycles. The fourth-order valence-electron chi connectivity index (χ4n) is 8.41. The van der Waals surface area contributed by atoms with Crippen LogP contribution in [0.4, 0.5) is 0 Å². The Morgan fingerprint density at radius 2 is 1.33 bits per heavy atom. The molecule has 2 unspecified atom stereocenters. The van der Waals surface area contributed by atoms with Crippen LogP contribution >= 0.6 is 24.8 Å². The van der Waals surface area contributed by atoms with Gasteiger partial charge in [-0.25, -0.2) is 0 Å². The van der Waals surface area contributed by atoms with Crippen LogP contribution in [0.3, 0.4) is 0 Å². The monoisotopic (exact) mass is 702 g/mol. The molecular formula is C39H46Cl2SiZr. The van der Waals surface area contributed by atoms with Crippen LogP contribution in [0.1, 0.15) is 67.0 Å². The zero-order valence-corrected chi connectivity index (χ0v) is 32.4. The molecule has 2 aliphatic carbocycles. The molecule has 0 saturated carbocycles. The van der Waals surface area contributed by atoms with Crippen molar-refractivity contribution in [2.24, 2.45) is 5.92 Å². The maximum Gasteiger partial charge on any atom is -0.147 e. The molecule has 4 heteroatoms. The zero-order valence-electron chi connectivity index (χ0n) is 26.9. The van der Waals surface area contributed by atoms with Gasteiger partial charge in [-0.1, -0.05) is 0 Å². The third-order valence-corrected chi connectivity index (χ3v) is 27.6. The van der Waals surface area contributed by atoms with Gasteiger partial charge in [-0.2, -0.15) is 0 Å². The molecule has 224 valence electrons. The van der Waals surface area contributed by atoms with Crippen LogP contribution in [0.15, 0.2) is 90.0 Å². The van der Waals surface area contributed by atoms with Gasteiger partial charge in [0.05, 0.1) is 0 Å². The first-order valence-corrected chi connectivity index (χ1v) is 28.9. The molecule has 43 heavy (non-hydrogen) atoms. The average Bonchev–Trinajstić information content (AvgIpc) is 3.50. The van der Waals surface area contributed by atoms with Crippen LogP contribution in [0, 0.1) is 26.7 Å². The summed E-state index contributed by atoms with van der Waals surface area (Å²) in [5.74, 6) is 0.515. The predicted octanol–water partition coefficient (Wildman–Crippen LogP) is 11.4. The zero-order chi connectivity index (χ0) is 29.3. The summed E-state index contributed by atoms with van der Waals surface area (Å²) in [6, 6.07) is 29.8. The minimum Gasteiger partial charge on any atom is -0.147 e. The van der Waals surface area contributed by atoms with Crippen molar-refractivity contribution in [3.05, 3.63) is 129 Å². The summed E-state index contributed by atoms with van der Waals surface area (Å²) < 4.78 is 6.59. The fourth-order valence-corrected chi connectivity index (χ4v) is 29.0. The Labute approximate surface area is 274 Å². The topological polar surface area (TPSA) is 0 Å². The van der Waals surface area contributed by atoms with Crippen LogP contribution in [-0.2, 0) is 17.4 Å². The smallest absolute Gasteiger partial charge is 0.147 e. The van der Waals surface area contributed by atoms with E-state index in [1.807, 2.05) is 0 Å². The molecule has 2 atom stereocenters. The Morgan fingerprint density at radius 3 is 1.98 bits per heavy atom. The van der Waals surface area contributed by atoms with Gasteiger partial charge >= 0.3 is 252 Å². The van der Waals surface area contributed by atoms with Gasteiger partial charge in [0.2, 0.25) is 0 Å². The molecule has 0 aliphatic heterocycles. The van der Waals surface area contributed by atoms with Gasteiger partial charge < -0.3 is 0 Å². The summed E-state index contributed by atoms with van der Waals surface area (Å²) in [5.41, 5.74) is 19.0. The van der Waals surface area contributed by atoms with Crippen LogP contribution in [0.5, 0.6) is 0 Å². The molecule has 0 N–H and O–H groups in total. The summed E-state index contributed by atoms with van der Waals surface area (Å²) in [4.78, 5) is 0. The molecule has 0 aromatic heterocycles. The second-order valence-electron chi connectivity index (χ2n) is 14.2. The first-order valence-electron chi connectivity index (χ1n) is 15.2. The molecule has 6 rings (SSSR count). The van der Waals surface area contributed by atoms with Gasteiger partial charge in [-0.15, -0.1) is 24.8 Å². The van der Waals surface area contributed by atoms with Crippen molar-refractivity contribution < 1.29 is 17.4 Å². The third kappa shape index (κ3) is 5.56. The van der Waals surface area contributed by atoms with E-state index >= 15 is 0 Å². The Morgan fingerprint density at radius 1 is 0.651 bits per heavy atom. The van der Waals surface area contributed by atoms with Crippen molar-refractivity contribution in [1.29, 1.82) is 0 Å². The quantitative estimate of drug-likeness (QED) is 0.181. The van der Waals surface area contributed by atoms with E-state index < -0.39 is 17.4 Å². The first kappa shape index (κ1) is 33.9. The summed E-state index contributed by atoms with van der Waals surface area (Å²) in [6.45, 7) is 16.5. The van der Waals surface area contributed by atoms with Gasteiger partial charge in [-0.3, -0.25) is 0 Å². The maximum absolute atomic E-state index is 3.65. The molecule has 0 spiro atoms. The van der Waals surface area contributed by atoms with Crippen molar-refractivity contribution in [3.63, 3.8) is 0 Å². The summed E-state index contributed by atoms with van der Waals surface area (Å²) in [7, 11) is 0. The predicted molar refractivity (Wildman–Crippen MR) is 195 cm³/mol. The van der Waals surface area contributed by atoms with Crippen LogP contribution in [-0.4, -0.2) is 6.88 Å². The maximum atomic E-state index is 2.77. The number of halogens is 2. The van der Waals surface area contributed by atoms with E-state index in [9.17, 15) is 0 Å². The summed E-state index contributed by atoms with van der Waals surface area (Å²) in [5, 5.41) is 0. The fraction of sp³-hybridized carbons (Fsp3) is 0.282. The van der Waals surface area contributed by atoms with Gasteiger partial charge in [0.25, 0.3) is 0 Å². The molecule has 0 bridgehead atoms. The number of benzene rings is 4. The molecule has 0 fully saturated rings. The molecule has 0 radical (unpaired) electrons. The van der Waals surface area contributed by atoms with Crippen molar-refractivity contribution >= 4 is 43.8 Å². The molecule has 0 amide bonds. The summed E-state index contributed by atoms with van der Waals surface area (Å²) >= 11 is -3.65. The first-order chi connectivity index (χ1) is 19.4. The van der Waals surface area contributed by atoms with Crippen molar-refractivity contribution in [2.45, 2.75) is 58.1 Å².